The van der Waals surface area contributed by atoms with E-state index in [0.29, 0.717) is 11.4 Å². The molecule has 3 heterocycles. The van der Waals surface area contributed by atoms with Crippen molar-refractivity contribution < 1.29 is 4.79 Å². The number of likely N-dealkylation sites (N-methyl/N-ethyl adjacent to an activating group) is 1. The number of amides is 1. The number of imidazole rings is 1. The highest BCUT2D eigenvalue weighted by molar-refractivity contribution is 7.17. The second-order valence-corrected chi connectivity index (χ2v) is 6.89. The Balaban J connectivity index is 1.73. The Morgan fingerprint density at radius 3 is 2.81 bits per heavy atom. The Labute approximate surface area is 157 Å². The van der Waals surface area contributed by atoms with E-state index in [2.05, 4.69) is 39.3 Å². The molecule has 0 aliphatic carbocycles. The zero-order valence-electron chi connectivity index (χ0n) is 15.3. The van der Waals surface area contributed by atoms with Crippen LogP contribution in [0, 0.1) is 0 Å². The van der Waals surface area contributed by atoms with Gasteiger partial charge in [0, 0.05) is 32.5 Å². The van der Waals surface area contributed by atoms with Crippen molar-refractivity contribution in [1.82, 2.24) is 24.6 Å². The van der Waals surface area contributed by atoms with Crippen molar-refractivity contribution in [3.05, 3.63) is 35.6 Å². The van der Waals surface area contributed by atoms with E-state index in [1.54, 1.807) is 6.20 Å². The fourth-order valence-corrected chi connectivity index (χ4v) is 3.76. The number of nitrogens with zero attached hydrogens (tertiary/aromatic N) is 4. The van der Waals surface area contributed by atoms with Crippen molar-refractivity contribution in [2.24, 2.45) is 0 Å². The van der Waals surface area contributed by atoms with E-state index >= 15 is 0 Å². The van der Waals surface area contributed by atoms with Gasteiger partial charge in [-0.3, -0.25) is 9.20 Å². The number of anilines is 1. The molecule has 0 aliphatic heterocycles. The fourth-order valence-electron chi connectivity index (χ4n) is 2.83. The van der Waals surface area contributed by atoms with Crippen molar-refractivity contribution >= 4 is 28.7 Å². The quantitative estimate of drug-likeness (QED) is 0.636. The molecule has 7 nitrogen and oxygen atoms in total. The molecular weight excluding hydrogens is 348 g/mol. The normalized spacial score (nSPS) is 11.2. The summed E-state index contributed by atoms with van der Waals surface area (Å²) in [5.41, 5.74) is 1.72. The summed E-state index contributed by atoms with van der Waals surface area (Å²) in [7, 11) is 1.82. The third-order valence-corrected chi connectivity index (χ3v) is 5.46. The van der Waals surface area contributed by atoms with Crippen molar-refractivity contribution in [3.63, 3.8) is 0 Å². The third-order valence-electron chi connectivity index (χ3n) is 4.36. The summed E-state index contributed by atoms with van der Waals surface area (Å²) in [4.78, 5) is 25.1. The number of fused-ring (bicyclic) bond motifs is 1. The minimum Gasteiger partial charge on any atom is -0.370 e. The van der Waals surface area contributed by atoms with Crippen molar-refractivity contribution in [2.45, 2.75) is 13.8 Å². The van der Waals surface area contributed by atoms with E-state index in [1.807, 2.05) is 36.0 Å². The molecule has 0 bridgehead atoms. The van der Waals surface area contributed by atoms with Gasteiger partial charge in [0.2, 0.25) is 0 Å². The van der Waals surface area contributed by atoms with Crippen LogP contribution in [0.5, 0.6) is 0 Å². The van der Waals surface area contributed by atoms with Gasteiger partial charge >= 0.3 is 0 Å². The first-order valence-corrected chi connectivity index (χ1v) is 9.60. The van der Waals surface area contributed by atoms with Gasteiger partial charge < -0.3 is 15.5 Å². The third kappa shape index (κ3) is 3.71. The number of rotatable bonds is 8. The molecule has 0 fully saturated rings. The molecule has 0 aromatic carbocycles. The topological polar surface area (TPSA) is 74.6 Å². The molecule has 0 saturated heterocycles. The van der Waals surface area contributed by atoms with Crippen LogP contribution in [-0.4, -0.2) is 58.4 Å². The number of carbonyl (C=O) groups is 1. The second-order valence-electron chi connectivity index (χ2n) is 5.81. The lowest BCUT2D eigenvalue weighted by Crippen LogP contribution is -2.34. The number of thiophene rings is 1. The molecule has 0 aliphatic rings. The maximum absolute atomic E-state index is 12.4. The van der Waals surface area contributed by atoms with Gasteiger partial charge in [-0.1, -0.05) is 13.8 Å². The van der Waals surface area contributed by atoms with E-state index in [-0.39, 0.29) is 5.91 Å². The highest BCUT2D eigenvalue weighted by atomic mass is 32.1. The monoisotopic (exact) mass is 372 g/mol. The number of nitrogens with one attached hydrogen (secondary N) is 2. The molecular formula is C18H24N6OS. The molecule has 0 atom stereocenters. The molecule has 0 unspecified atom stereocenters. The van der Waals surface area contributed by atoms with Crippen LogP contribution in [0.25, 0.3) is 16.2 Å². The standard InChI is InChI=1S/C18H24N6OS/c1-4-23(5-2)10-8-21-18(25)15-7-6-14(26-15)13-12-22-17-16(19-3)20-9-11-24(13)17/h6-7,9,11-12H,4-5,8,10H2,1-3H3,(H,19,20)(H,21,25). The molecule has 0 saturated carbocycles. The molecule has 3 aromatic heterocycles. The van der Waals surface area contributed by atoms with Gasteiger partial charge in [0.05, 0.1) is 21.6 Å². The highest BCUT2D eigenvalue weighted by Gasteiger charge is 2.14. The number of hydrogen-bond acceptors (Lipinski definition) is 6. The van der Waals surface area contributed by atoms with Crippen molar-refractivity contribution in [2.75, 3.05) is 38.5 Å². The van der Waals surface area contributed by atoms with Gasteiger partial charge in [-0.05, 0) is 25.2 Å². The van der Waals surface area contributed by atoms with Crippen LogP contribution in [-0.2, 0) is 0 Å². The minimum absolute atomic E-state index is 0.0280. The first-order chi connectivity index (χ1) is 12.7. The molecule has 26 heavy (non-hydrogen) atoms. The maximum Gasteiger partial charge on any atom is 0.261 e. The summed E-state index contributed by atoms with van der Waals surface area (Å²) < 4.78 is 1.98. The van der Waals surface area contributed by atoms with Crippen LogP contribution in [0.2, 0.25) is 0 Å². The fraction of sp³-hybridized carbons (Fsp3) is 0.389. The number of aromatic nitrogens is 3. The van der Waals surface area contributed by atoms with Crippen LogP contribution in [0.1, 0.15) is 23.5 Å². The predicted octanol–water partition coefficient (Wildman–Crippen LogP) is 2.57. The molecule has 3 aromatic rings. The average molecular weight is 372 g/mol. The molecule has 0 radical (unpaired) electrons. The van der Waals surface area contributed by atoms with Gasteiger partial charge in [0.15, 0.2) is 11.5 Å². The summed E-state index contributed by atoms with van der Waals surface area (Å²) in [5.74, 6) is 0.699. The van der Waals surface area contributed by atoms with Crippen molar-refractivity contribution in [1.29, 1.82) is 0 Å². The molecule has 3 rings (SSSR count). The second kappa shape index (κ2) is 8.29. The molecule has 8 heteroatoms. The van der Waals surface area contributed by atoms with Gasteiger partial charge in [0.1, 0.15) is 0 Å². The smallest absolute Gasteiger partial charge is 0.261 e. The lowest BCUT2D eigenvalue weighted by Gasteiger charge is -2.17. The summed E-state index contributed by atoms with van der Waals surface area (Å²) in [5, 5.41) is 6.04. The van der Waals surface area contributed by atoms with E-state index in [4.69, 9.17) is 0 Å². The lowest BCUT2D eigenvalue weighted by molar-refractivity contribution is 0.0953. The van der Waals surface area contributed by atoms with Gasteiger partial charge in [-0.2, -0.15) is 0 Å². The zero-order chi connectivity index (χ0) is 18.5. The largest absolute Gasteiger partial charge is 0.370 e. The van der Waals surface area contributed by atoms with Crippen LogP contribution in [0.3, 0.4) is 0 Å². The highest BCUT2D eigenvalue weighted by Crippen LogP contribution is 2.29. The summed E-state index contributed by atoms with van der Waals surface area (Å²) in [6.45, 7) is 7.76. The SMILES string of the molecule is CCN(CC)CCNC(=O)c1ccc(-c2cnc3c(NC)nccn23)s1. The molecule has 0 spiro atoms. The van der Waals surface area contributed by atoms with E-state index in [9.17, 15) is 4.79 Å². The van der Waals surface area contributed by atoms with Crippen molar-refractivity contribution in [3.8, 4) is 10.6 Å². The zero-order valence-corrected chi connectivity index (χ0v) is 16.1. The first-order valence-electron chi connectivity index (χ1n) is 8.78. The molecule has 138 valence electrons. The van der Waals surface area contributed by atoms with Crippen LogP contribution in [0.4, 0.5) is 5.82 Å². The maximum atomic E-state index is 12.4. The van der Waals surface area contributed by atoms with Crippen LogP contribution >= 0.6 is 11.3 Å². The van der Waals surface area contributed by atoms with E-state index in [0.717, 1.165) is 41.7 Å². The molecule has 1 amide bonds. The summed E-state index contributed by atoms with van der Waals surface area (Å²) in [6, 6.07) is 3.83. The van der Waals surface area contributed by atoms with E-state index < -0.39 is 0 Å². The van der Waals surface area contributed by atoms with Gasteiger partial charge in [0.25, 0.3) is 5.91 Å². The van der Waals surface area contributed by atoms with Crippen LogP contribution in [0.15, 0.2) is 30.7 Å². The summed E-state index contributed by atoms with van der Waals surface area (Å²) in [6.07, 6.45) is 5.42. The summed E-state index contributed by atoms with van der Waals surface area (Å²) >= 11 is 1.47. The van der Waals surface area contributed by atoms with Gasteiger partial charge in [-0.15, -0.1) is 11.3 Å². The average Bonchev–Trinajstić information content (AvgIpc) is 3.31. The predicted molar refractivity (Wildman–Crippen MR) is 106 cm³/mol. The molecule has 2 N–H and O–H groups in total. The number of carbonyl (C=O) groups excluding carboxylic acids is 1. The van der Waals surface area contributed by atoms with Gasteiger partial charge in [-0.25, -0.2) is 9.97 Å². The Hall–Kier alpha value is -2.45. The Morgan fingerprint density at radius 2 is 2.08 bits per heavy atom. The van der Waals surface area contributed by atoms with Crippen LogP contribution < -0.4 is 10.6 Å². The Morgan fingerprint density at radius 1 is 1.27 bits per heavy atom. The first kappa shape index (κ1) is 18.3. The van der Waals surface area contributed by atoms with E-state index in [1.165, 1.54) is 11.3 Å². The number of hydrogen-bond donors (Lipinski definition) is 2. The lowest BCUT2D eigenvalue weighted by atomic mass is 10.3. The Bertz CT molecular complexity index is 883. The Kier molecular flexibility index (Phi) is 5.85. The minimum atomic E-state index is -0.0280.